The Bertz CT molecular complexity index is 924. The summed E-state index contributed by atoms with van der Waals surface area (Å²) in [6, 6.07) is 13.6. The SMILES string of the molecule is CC(Oc1ccc(Cl)cc1)C(=O)Nc1ccccc1C(=O)N1CCC(C(N)=O)CC1. The van der Waals surface area contributed by atoms with Gasteiger partial charge >= 0.3 is 0 Å². The van der Waals surface area contributed by atoms with Crippen LogP contribution in [0.3, 0.4) is 0 Å². The molecule has 1 fully saturated rings. The summed E-state index contributed by atoms with van der Waals surface area (Å²) in [5, 5.41) is 3.35. The average Bonchev–Trinajstić information content (AvgIpc) is 2.75. The molecule has 30 heavy (non-hydrogen) atoms. The number of nitrogens with zero attached hydrogens (tertiary/aromatic N) is 1. The number of piperidine rings is 1. The molecule has 0 aliphatic carbocycles. The second kappa shape index (κ2) is 9.63. The molecule has 0 aromatic heterocycles. The molecular formula is C22H24ClN3O4. The van der Waals surface area contributed by atoms with Crippen LogP contribution in [0.2, 0.25) is 5.02 Å². The second-order valence-corrected chi connectivity index (χ2v) is 7.65. The lowest BCUT2D eigenvalue weighted by Crippen LogP contribution is -2.42. The van der Waals surface area contributed by atoms with Gasteiger partial charge in [0, 0.05) is 24.0 Å². The summed E-state index contributed by atoms with van der Waals surface area (Å²) in [5.41, 5.74) is 6.17. The minimum absolute atomic E-state index is 0.194. The van der Waals surface area contributed by atoms with Gasteiger partial charge in [0.2, 0.25) is 5.91 Å². The zero-order chi connectivity index (χ0) is 21.7. The van der Waals surface area contributed by atoms with Gasteiger partial charge in [0.25, 0.3) is 11.8 Å². The standard InChI is InChI=1S/C22H24ClN3O4/c1-14(30-17-8-6-16(23)7-9-17)21(28)25-19-5-3-2-4-18(19)22(29)26-12-10-15(11-13-26)20(24)27/h2-9,14-15H,10-13H2,1H3,(H2,24,27)(H,25,28). The quantitative estimate of drug-likeness (QED) is 0.736. The van der Waals surface area contributed by atoms with Crippen molar-refractivity contribution in [2.24, 2.45) is 11.7 Å². The highest BCUT2D eigenvalue weighted by Gasteiger charge is 2.28. The first kappa shape index (κ1) is 21.6. The van der Waals surface area contributed by atoms with Crippen LogP contribution in [0.1, 0.15) is 30.1 Å². The predicted octanol–water partition coefficient (Wildman–Crippen LogP) is 3.08. The van der Waals surface area contributed by atoms with Crippen LogP contribution in [0, 0.1) is 5.92 Å². The molecule has 1 atom stereocenters. The Kier molecular flexibility index (Phi) is 6.95. The molecule has 3 N–H and O–H groups in total. The van der Waals surface area contributed by atoms with Crippen LogP contribution in [0.25, 0.3) is 0 Å². The van der Waals surface area contributed by atoms with Crippen molar-refractivity contribution in [3.63, 3.8) is 0 Å². The van der Waals surface area contributed by atoms with E-state index in [9.17, 15) is 14.4 Å². The second-order valence-electron chi connectivity index (χ2n) is 7.22. The van der Waals surface area contributed by atoms with Gasteiger partial charge in [-0.05, 0) is 56.2 Å². The minimum atomic E-state index is -0.777. The van der Waals surface area contributed by atoms with Gasteiger partial charge in [-0.3, -0.25) is 14.4 Å². The molecule has 1 aliphatic rings. The summed E-state index contributed by atoms with van der Waals surface area (Å²) >= 11 is 5.86. The first-order valence-electron chi connectivity index (χ1n) is 9.76. The molecule has 8 heteroatoms. The third kappa shape index (κ3) is 5.30. The van der Waals surface area contributed by atoms with Crippen molar-refractivity contribution < 1.29 is 19.1 Å². The van der Waals surface area contributed by atoms with Crippen LogP contribution in [0.4, 0.5) is 5.69 Å². The summed E-state index contributed by atoms with van der Waals surface area (Å²) in [7, 11) is 0. The Morgan fingerprint density at radius 2 is 1.73 bits per heavy atom. The fourth-order valence-corrected chi connectivity index (χ4v) is 3.45. The molecule has 7 nitrogen and oxygen atoms in total. The number of hydrogen-bond acceptors (Lipinski definition) is 4. The van der Waals surface area contributed by atoms with Crippen LogP contribution in [-0.2, 0) is 9.59 Å². The predicted molar refractivity (Wildman–Crippen MR) is 114 cm³/mol. The molecule has 2 aromatic rings. The number of nitrogens with two attached hydrogens (primary N) is 1. The number of rotatable bonds is 6. The van der Waals surface area contributed by atoms with Gasteiger partial charge in [0.1, 0.15) is 5.75 Å². The molecule has 0 bridgehead atoms. The maximum atomic E-state index is 13.0. The van der Waals surface area contributed by atoms with E-state index in [2.05, 4.69) is 5.32 Å². The van der Waals surface area contributed by atoms with E-state index in [4.69, 9.17) is 22.1 Å². The molecule has 0 spiro atoms. The van der Waals surface area contributed by atoms with Gasteiger partial charge in [-0.2, -0.15) is 0 Å². The fourth-order valence-electron chi connectivity index (χ4n) is 3.32. The van der Waals surface area contributed by atoms with Gasteiger partial charge in [-0.15, -0.1) is 0 Å². The van der Waals surface area contributed by atoms with Crippen molar-refractivity contribution in [3.05, 3.63) is 59.1 Å². The third-order valence-electron chi connectivity index (χ3n) is 5.10. The largest absolute Gasteiger partial charge is 0.481 e. The van der Waals surface area contributed by atoms with E-state index in [0.29, 0.717) is 48.0 Å². The highest BCUT2D eigenvalue weighted by atomic mass is 35.5. The van der Waals surface area contributed by atoms with E-state index < -0.39 is 6.10 Å². The van der Waals surface area contributed by atoms with E-state index in [-0.39, 0.29) is 23.6 Å². The lowest BCUT2D eigenvalue weighted by Gasteiger charge is -2.31. The summed E-state index contributed by atoms with van der Waals surface area (Å²) < 4.78 is 5.64. The molecular weight excluding hydrogens is 406 g/mol. The number of ether oxygens (including phenoxy) is 1. The first-order valence-corrected chi connectivity index (χ1v) is 10.1. The molecule has 0 radical (unpaired) electrons. The van der Waals surface area contributed by atoms with E-state index in [1.807, 2.05) is 0 Å². The number of para-hydroxylation sites is 1. The van der Waals surface area contributed by atoms with E-state index in [1.54, 1.807) is 60.4 Å². The molecule has 1 unspecified atom stereocenters. The van der Waals surface area contributed by atoms with Gasteiger partial charge < -0.3 is 20.7 Å². The van der Waals surface area contributed by atoms with E-state index in [0.717, 1.165) is 0 Å². The van der Waals surface area contributed by atoms with Gasteiger partial charge in [0.15, 0.2) is 6.10 Å². The number of anilines is 1. The lowest BCUT2D eigenvalue weighted by atomic mass is 9.95. The Hall–Kier alpha value is -3.06. The number of halogens is 1. The zero-order valence-corrected chi connectivity index (χ0v) is 17.4. The molecule has 1 saturated heterocycles. The molecule has 2 aromatic carbocycles. The Morgan fingerprint density at radius 3 is 2.37 bits per heavy atom. The molecule has 3 rings (SSSR count). The Labute approximate surface area is 180 Å². The number of benzene rings is 2. The minimum Gasteiger partial charge on any atom is -0.481 e. The number of carbonyl (C=O) groups is 3. The number of hydrogen-bond donors (Lipinski definition) is 2. The van der Waals surface area contributed by atoms with Crippen molar-refractivity contribution in [2.75, 3.05) is 18.4 Å². The smallest absolute Gasteiger partial charge is 0.265 e. The maximum Gasteiger partial charge on any atom is 0.265 e. The summed E-state index contributed by atoms with van der Waals surface area (Å²) in [5.74, 6) is -0.583. The first-order chi connectivity index (χ1) is 14.3. The van der Waals surface area contributed by atoms with Crippen LogP contribution in [-0.4, -0.2) is 41.8 Å². The van der Waals surface area contributed by atoms with Crippen molar-refractivity contribution in [1.29, 1.82) is 0 Å². The molecule has 0 saturated carbocycles. The maximum absolute atomic E-state index is 13.0. The third-order valence-corrected chi connectivity index (χ3v) is 5.35. The number of likely N-dealkylation sites (tertiary alicyclic amines) is 1. The number of nitrogens with one attached hydrogen (secondary N) is 1. The fraction of sp³-hybridized carbons (Fsp3) is 0.318. The van der Waals surface area contributed by atoms with Gasteiger partial charge in [0.05, 0.1) is 11.3 Å². The number of carbonyl (C=O) groups excluding carboxylic acids is 3. The zero-order valence-electron chi connectivity index (χ0n) is 16.6. The molecule has 158 valence electrons. The van der Waals surface area contributed by atoms with E-state index in [1.165, 1.54) is 0 Å². The van der Waals surface area contributed by atoms with Crippen molar-refractivity contribution in [2.45, 2.75) is 25.9 Å². The van der Waals surface area contributed by atoms with Crippen LogP contribution >= 0.6 is 11.6 Å². The van der Waals surface area contributed by atoms with Crippen LogP contribution in [0.5, 0.6) is 5.75 Å². The highest BCUT2D eigenvalue weighted by molar-refractivity contribution is 6.30. The normalized spacial score (nSPS) is 15.3. The van der Waals surface area contributed by atoms with E-state index >= 15 is 0 Å². The average molecular weight is 430 g/mol. The van der Waals surface area contributed by atoms with Crippen LogP contribution in [0.15, 0.2) is 48.5 Å². The van der Waals surface area contributed by atoms with Crippen molar-refractivity contribution in [3.8, 4) is 5.75 Å². The molecule has 3 amide bonds. The topological polar surface area (TPSA) is 102 Å². The summed E-state index contributed by atoms with van der Waals surface area (Å²) in [6.45, 7) is 2.53. The number of amides is 3. The summed E-state index contributed by atoms with van der Waals surface area (Å²) in [4.78, 5) is 38.6. The van der Waals surface area contributed by atoms with Gasteiger partial charge in [-0.1, -0.05) is 23.7 Å². The number of primary amides is 1. The van der Waals surface area contributed by atoms with Gasteiger partial charge in [-0.25, -0.2) is 0 Å². The van der Waals surface area contributed by atoms with Crippen LogP contribution < -0.4 is 15.8 Å². The Balaban J connectivity index is 1.66. The highest BCUT2D eigenvalue weighted by Crippen LogP contribution is 2.23. The summed E-state index contributed by atoms with van der Waals surface area (Å²) in [6.07, 6.45) is 0.309. The van der Waals surface area contributed by atoms with Crippen molar-refractivity contribution in [1.82, 2.24) is 4.90 Å². The molecule has 1 aliphatic heterocycles. The molecule has 1 heterocycles. The van der Waals surface area contributed by atoms with Crippen molar-refractivity contribution >= 4 is 35.0 Å². The monoisotopic (exact) mass is 429 g/mol. The lowest BCUT2D eigenvalue weighted by molar-refractivity contribution is -0.123. The Morgan fingerprint density at radius 1 is 1.10 bits per heavy atom.